The average Bonchev–Trinajstić information content (AvgIpc) is 2.08. The lowest BCUT2D eigenvalue weighted by Gasteiger charge is -2.17. The van der Waals surface area contributed by atoms with E-state index in [4.69, 9.17) is 0 Å². The molecule has 0 spiro atoms. The van der Waals surface area contributed by atoms with Crippen LogP contribution >= 0.6 is 15.9 Å². The molecule has 1 heterocycles. The van der Waals surface area contributed by atoms with E-state index in [2.05, 4.69) is 32.5 Å². The lowest BCUT2D eigenvalue weighted by molar-refractivity contribution is 0.901. The number of rotatable bonds is 3. The van der Waals surface area contributed by atoms with Crippen LogP contribution < -0.4 is 4.90 Å². The van der Waals surface area contributed by atoms with Gasteiger partial charge in [-0.25, -0.2) is 9.97 Å². The summed E-state index contributed by atoms with van der Waals surface area (Å²) in [4.78, 5) is 10.5. The molecule has 14 heavy (non-hydrogen) atoms. The molecule has 0 atom stereocenters. The van der Waals surface area contributed by atoms with E-state index in [0.717, 1.165) is 28.2 Å². The van der Waals surface area contributed by atoms with Crippen LogP contribution in [-0.4, -0.2) is 23.6 Å². The number of nitrogens with zero attached hydrogens (tertiary/aromatic N) is 3. The minimum absolute atomic E-state index is 0.730. The molecule has 0 saturated heterocycles. The lowest BCUT2D eigenvalue weighted by Crippen LogP contribution is -2.21. The highest BCUT2D eigenvalue weighted by Crippen LogP contribution is 2.15. The van der Waals surface area contributed by atoms with Gasteiger partial charge in [-0.05, 0) is 29.8 Å². The van der Waals surface area contributed by atoms with E-state index in [-0.39, 0.29) is 0 Å². The van der Waals surface area contributed by atoms with E-state index < -0.39 is 0 Å². The summed E-state index contributed by atoms with van der Waals surface area (Å²) in [6, 6.07) is 0. The van der Waals surface area contributed by atoms with Crippen molar-refractivity contribution < 1.29 is 0 Å². The van der Waals surface area contributed by atoms with Gasteiger partial charge >= 0.3 is 0 Å². The second kappa shape index (κ2) is 4.55. The predicted octanol–water partition coefficient (Wildman–Crippen LogP) is 2.56. The van der Waals surface area contributed by atoms with Crippen molar-refractivity contribution >= 4 is 21.9 Å². The Kier molecular flexibility index (Phi) is 3.63. The van der Waals surface area contributed by atoms with Crippen molar-refractivity contribution in [2.45, 2.75) is 13.8 Å². The number of hydrogen-bond donors (Lipinski definition) is 0. The SMILES string of the molecule is C=C(C)CN(C)c1ncc(Br)c(C)n1. The van der Waals surface area contributed by atoms with E-state index in [1.807, 2.05) is 25.8 Å². The van der Waals surface area contributed by atoms with Gasteiger partial charge in [-0.15, -0.1) is 0 Å². The maximum atomic E-state index is 4.35. The molecule has 0 aliphatic rings. The molecular formula is C10H14BrN3. The van der Waals surface area contributed by atoms with Crippen molar-refractivity contribution in [1.29, 1.82) is 0 Å². The monoisotopic (exact) mass is 255 g/mol. The summed E-state index contributed by atoms with van der Waals surface area (Å²) in [5, 5.41) is 0. The topological polar surface area (TPSA) is 29.0 Å². The molecule has 0 aliphatic carbocycles. The van der Waals surface area contributed by atoms with Gasteiger partial charge in [-0.1, -0.05) is 12.2 Å². The van der Waals surface area contributed by atoms with Crippen LogP contribution in [0.2, 0.25) is 0 Å². The van der Waals surface area contributed by atoms with Crippen molar-refractivity contribution in [1.82, 2.24) is 9.97 Å². The molecule has 1 aromatic heterocycles. The zero-order chi connectivity index (χ0) is 10.7. The zero-order valence-electron chi connectivity index (χ0n) is 8.71. The highest BCUT2D eigenvalue weighted by atomic mass is 79.9. The first kappa shape index (κ1) is 11.2. The van der Waals surface area contributed by atoms with Gasteiger partial charge in [0.1, 0.15) is 0 Å². The highest BCUT2D eigenvalue weighted by Gasteiger charge is 2.05. The maximum Gasteiger partial charge on any atom is 0.225 e. The summed E-state index contributed by atoms with van der Waals surface area (Å²) in [6.07, 6.45) is 1.77. The second-order valence-corrected chi connectivity index (χ2v) is 4.27. The molecule has 0 radical (unpaired) electrons. The van der Waals surface area contributed by atoms with E-state index in [9.17, 15) is 0 Å². The molecule has 76 valence electrons. The van der Waals surface area contributed by atoms with Crippen LogP contribution in [0.4, 0.5) is 5.95 Å². The molecule has 0 unspecified atom stereocenters. The Balaban J connectivity index is 2.85. The summed E-state index contributed by atoms with van der Waals surface area (Å²) in [7, 11) is 1.96. The normalized spacial score (nSPS) is 10.0. The molecule has 1 rings (SSSR count). The first-order valence-corrected chi connectivity index (χ1v) is 5.14. The van der Waals surface area contributed by atoms with Crippen LogP contribution in [0.3, 0.4) is 0 Å². The van der Waals surface area contributed by atoms with Gasteiger partial charge in [0, 0.05) is 19.8 Å². The number of hydrogen-bond acceptors (Lipinski definition) is 3. The summed E-state index contributed by atoms with van der Waals surface area (Å²) in [6.45, 7) is 8.57. The van der Waals surface area contributed by atoms with Gasteiger partial charge in [0.2, 0.25) is 5.95 Å². The molecule has 0 fully saturated rings. The summed E-state index contributed by atoms with van der Waals surface area (Å²) < 4.78 is 0.935. The smallest absolute Gasteiger partial charge is 0.225 e. The Morgan fingerprint density at radius 2 is 2.29 bits per heavy atom. The minimum Gasteiger partial charge on any atom is -0.340 e. The molecule has 0 aliphatic heterocycles. The molecule has 0 bridgehead atoms. The van der Waals surface area contributed by atoms with Crippen LogP contribution in [0.5, 0.6) is 0 Å². The summed E-state index contributed by atoms with van der Waals surface area (Å²) in [5.41, 5.74) is 2.04. The van der Waals surface area contributed by atoms with E-state index in [0.29, 0.717) is 0 Å². The third-order valence-electron chi connectivity index (χ3n) is 1.76. The van der Waals surface area contributed by atoms with Gasteiger partial charge in [-0.3, -0.25) is 0 Å². The fraction of sp³-hybridized carbons (Fsp3) is 0.400. The van der Waals surface area contributed by atoms with Gasteiger partial charge < -0.3 is 4.90 Å². The summed E-state index contributed by atoms with van der Waals surface area (Å²) >= 11 is 3.37. The Morgan fingerprint density at radius 1 is 1.64 bits per heavy atom. The van der Waals surface area contributed by atoms with Crippen LogP contribution in [-0.2, 0) is 0 Å². The third-order valence-corrected chi connectivity index (χ3v) is 2.53. The number of aromatic nitrogens is 2. The molecule has 0 N–H and O–H groups in total. The Morgan fingerprint density at radius 3 is 2.79 bits per heavy atom. The number of halogens is 1. The first-order chi connectivity index (χ1) is 6.50. The number of aryl methyl sites for hydroxylation is 1. The lowest BCUT2D eigenvalue weighted by atomic mass is 10.3. The predicted molar refractivity (Wildman–Crippen MR) is 62.6 cm³/mol. The van der Waals surface area contributed by atoms with Crippen LogP contribution in [0.1, 0.15) is 12.6 Å². The van der Waals surface area contributed by atoms with Crippen molar-refractivity contribution in [2.75, 3.05) is 18.5 Å². The molecule has 3 nitrogen and oxygen atoms in total. The van der Waals surface area contributed by atoms with Crippen LogP contribution in [0, 0.1) is 6.92 Å². The largest absolute Gasteiger partial charge is 0.340 e. The van der Waals surface area contributed by atoms with Gasteiger partial charge in [-0.2, -0.15) is 0 Å². The number of likely N-dealkylation sites (N-methyl/N-ethyl adjacent to an activating group) is 1. The van der Waals surface area contributed by atoms with Crippen molar-refractivity contribution in [3.63, 3.8) is 0 Å². The maximum absolute atomic E-state index is 4.35. The van der Waals surface area contributed by atoms with Gasteiger partial charge in [0.15, 0.2) is 0 Å². The molecule has 0 saturated carbocycles. The fourth-order valence-corrected chi connectivity index (χ4v) is 1.29. The van der Waals surface area contributed by atoms with E-state index >= 15 is 0 Å². The zero-order valence-corrected chi connectivity index (χ0v) is 10.3. The van der Waals surface area contributed by atoms with Crippen LogP contribution in [0.25, 0.3) is 0 Å². The molecular weight excluding hydrogens is 242 g/mol. The Hall–Kier alpha value is -0.900. The molecule has 1 aromatic rings. The van der Waals surface area contributed by atoms with Gasteiger partial charge in [0.05, 0.1) is 10.2 Å². The number of anilines is 1. The molecule has 4 heteroatoms. The minimum atomic E-state index is 0.730. The van der Waals surface area contributed by atoms with Crippen molar-refractivity contribution in [3.8, 4) is 0 Å². The van der Waals surface area contributed by atoms with Crippen molar-refractivity contribution in [3.05, 3.63) is 28.5 Å². The van der Waals surface area contributed by atoms with E-state index in [1.165, 1.54) is 0 Å². The fourth-order valence-electron chi connectivity index (χ4n) is 1.10. The Labute approximate surface area is 93.0 Å². The van der Waals surface area contributed by atoms with Crippen LogP contribution in [0.15, 0.2) is 22.8 Å². The van der Waals surface area contributed by atoms with Gasteiger partial charge in [0.25, 0.3) is 0 Å². The standard InChI is InChI=1S/C10H14BrN3/c1-7(2)6-14(4)10-12-5-9(11)8(3)13-10/h5H,1,6H2,2-4H3. The first-order valence-electron chi connectivity index (χ1n) is 4.35. The second-order valence-electron chi connectivity index (χ2n) is 3.42. The molecule has 0 aromatic carbocycles. The highest BCUT2D eigenvalue weighted by molar-refractivity contribution is 9.10. The van der Waals surface area contributed by atoms with E-state index in [1.54, 1.807) is 6.20 Å². The summed E-state index contributed by atoms with van der Waals surface area (Å²) in [5.74, 6) is 0.730. The van der Waals surface area contributed by atoms with Crippen molar-refractivity contribution in [2.24, 2.45) is 0 Å². The Bertz CT molecular complexity index is 349. The quantitative estimate of drug-likeness (QED) is 0.778. The average molecular weight is 256 g/mol. The molecule has 0 amide bonds. The third kappa shape index (κ3) is 2.80.